The monoisotopic (exact) mass is 364 g/mol. The Hall–Kier alpha value is -3.48. The molecule has 0 amide bonds. The molecule has 1 aromatic heterocycles. The van der Waals surface area contributed by atoms with Gasteiger partial charge in [-0.2, -0.15) is 4.98 Å². The number of nitrogens with zero attached hydrogens (tertiary/aromatic N) is 2. The van der Waals surface area contributed by atoms with Crippen LogP contribution in [0.25, 0.3) is 0 Å². The van der Waals surface area contributed by atoms with E-state index in [4.69, 9.17) is 14.2 Å². The molecule has 0 radical (unpaired) electrons. The number of rotatable bonds is 6. The van der Waals surface area contributed by atoms with Crippen molar-refractivity contribution in [1.82, 2.24) is 9.97 Å². The van der Waals surface area contributed by atoms with Gasteiger partial charge in [-0.05, 0) is 36.8 Å². The van der Waals surface area contributed by atoms with Crippen LogP contribution in [0, 0.1) is 6.92 Å². The average molecular weight is 364 g/mol. The fourth-order valence-electron chi connectivity index (χ4n) is 2.76. The summed E-state index contributed by atoms with van der Waals surface area (Å²) in [6, 6.07) is 15.5. The number of aryl methyl sites for hydroxylation is 1. The molecule has 4 rings (SSSR count). The highest BCUT2D eigenvalue weighted by Gasteiger charge is 2.13. The van der Waals surface area contributed by atoms with Crippen LogP contribution in [0.1, 0.15) is 11.3 Å². The summed E-state index contributed by atoms with van der Waals surface area (Å²) in [4.78, 5) is 8.99. The minimum Gasteiger partial charge on any atom is -0.497 e. The minimum atomic E-state index is 0.255. The normalized spacial score (nSPS) is 11.9. The number of ether oxygens (including phenoxy) is 3. The first-order valence-electron chi connectivity index (χ1n) is 8.59. The molecule has 27 heavy (non-hydrogen) atoms. The molecule has 0 unspecified atom stereocenters. The van der Waals surface area contributed by atoms with E-state index in [1.54, 1.807) is 7.11 Å². The molecular formula is C20H20N4O3. The highest BCUT2D eigenvalue weighted by Crippen LogP contribution is 2.35. The first kappa shape index (κ1) is 17.0. The predicted octanol–water partition coefficient (Wildman–Crippen LogP) is 3.88. The molecule has 7 nitrogen and oxygen atoms in total. The second-order valence-corrected chi connectivity index (χ2v) is 6.11. The van der Waals surface area contributed by atoms with Crippen LogP contribution in [0.3, 0.4) is 0 Å². The van der Waals surface area contributed by atoms with E-state index < -0.39 is 0 Å². The van der Waals surface area contributed by atoms with E-state index in [0.29, 0.717) is 18.3 Å². The lowest BCUT2D eigenvalue weighted by molar-refractivity contribution is 0.174. The Morgan fingerprint density at radius 1 is 1.00 bits per heavy atom. The summed E-state index contributed by atoms with van der Waals surface area (Å²) < 4.78 is 15.9. The molecule has 0 atom stereocenters. The first-order valence-corrected chi connectivity index (χ1v) is 8.59. The summed E-state index contributed by atoms with van der Waals surface area (Å²) >= 11 is 0. The summed E-state index contributed by atoms with van der Waals surface area (Å²) in [5.74, 6) is 3.58. The second kappa shape index (κ2) is 7.41. The van der Waals surface area contributed by atoms with Crippen molar-refractivity contribution >= 4 is 17.5 Å². The maximum absolute atomic E-state index is 5.41. The lowest BCUT2D eigenvalue weighted by atomic mass is 10.2. The third-order valence-corrected chi connectivity index (χ3v) is 4.11. The van der Waals surface area contributed by atoms with Crippen molar-refractivity contribution in [2.24, 2.45) is 0 Å². The minimum absolute atomic E-state index is 0.255. The van der Waals surface area contributed by atoms with Gasteiger partial charge in [-0.15, -0.1) is 0 Å². The first-order chi connectivity index (χ1) is 13.2. The largest absolute Gasteiger partial charge is 0.497 e. The van der Waals surface area contributed by atoms with Crippen LogP contribution in [0.5, 0.6) is 17.2 Å². The zero-order valence-electron chi connectivity index (χ0n) is 15.2. The number of hydrogen-bond donors (Lipinski definition) is 2. The molecule has 0 saturated heterocycles. The zero-order chi connectivity index (χ0) is 18.6. The number of aromatic nitrogens is 2. The van der Waals surface area contributed by atoms with Crippen molar-refractivity contribution in [2.45, 2.75) is 13.5 Å². The van der Waals surface area contributed by atoms with Gasteiger partial charge in [-0.25, -0.2) is 4.98 Å². The van der Waals surface area contributed by atoms with E-state index >= 15 is 0 Å². The van der Waals surface area contributed by atoms with Crippen molar-refractivity contribution in [1.29, 1.82) is 0 Å². The summed E-state index contributed by atoms with van der Waals surface area (Å²) in [7, 11) is 1.66. The Labute approximate surface area is 157 Å². The van der Waals surface area contributed by atoms with Crippen LogP contribution in [-0.4, -0.2) is 23.9 Å². The van der Waals surface area contributed by atoms with Crippen molar-refractivity contribution < 1.29 is 14.2 Å². The molecule has 2 heterocycles. The van der Waals surface area contributed by atoms with Gasteiger partial charge in [-0.1, -0.05) is 12.1 Å². The third kappa shape index (κ3) is 4.03. The van der Waals surface area contributed by atoms with Gasteiger partial charge in [0.2, 0.25) is 12.7 Å². The van der Waals surface area contributed by atoms with Gasteiger partial charge in [0.15, 0.2) is 11.5 Å². The summed E-state index contributed by atoms with van der Waals surface area (Å²) in [5.41, 5.74) is 2.86. The molecule has 0 bridgehead atoms. The molecule has 0 aliphatic carbocycles. The number of hydrogen-bond acceptors (Lipinski definition) is 7. The van der Waals surface area contributed by atoms with E-state index in [1.165, 1.54) is 0 Å². The van der Waals surface area contributed by atoms with Crippen LogP contribution in [0.4, 0.5) is 17.5 Å². The Bertz CT molecular complexity index is 944. The van der Waals surface area contributed by atoms with Gasteiger partial charge in [-0.3, -0.25) is 0 Å². The lowest BCUT2D eigenvalue weighted by Crippen LogP contribution is -2.06. The smallest absolute Gasteiger partial charge is 0.231 e. The van der Waals surface area contributed by atoms with Gasteiger partial charge < -0.3 is 24.8 Å². The average Bonchev–Trinajstić information content (AvgIpc) is 3.14. The Morgan fingerprint density at radius 3 is 2.63 bits per heavy atom. The molecule has 0 spiro atoms. The predicted molar refractivity (Wildman–Crippen MR) is 103 cm³/mol. The number of anilines is 3. The van der Waals surface area contributed by atoms with Gasteiger partial charge in [0.05, 0.1) is 7.11 Å². The van der Waals surface area contributed by atoms with E-state index in [-0.39, 0.29) is 6.79 Å². The summed E-state index contributed by atoms with van der Waals surface area (Å²) in [6.45, 7) is 2.81. The van der Waals surface area contributed by atoms with Crippen molar-refractivity contribution in [3.8, 4) is 17.2 Å². The van der Waals surface area contributed by atoms with Crippen LogP contribution >= 0.6 is 0 Å². The zero-order valence-corrected chi connectivity index (χ0v) is 15.2. The molecule has 0 saturated carbocycles. The summed E-state index contributed by atoms with van der Waals surface area (Å²) in [6.07, 6.45) is 0. The molecule has 2 N–H and O–H groups in total. The van der Waals surface area contributed by atoms with Gasteiger partial charge >= 0.3 is 0 Å². The van der Waals surface area contributed by atoms with Crippen LogP contribution in [0.15, 0.2) is 48.5 Å². The van der Waals surface area contributed by atoms with Crippen LogP contribution in [-0.2, 0) is 6.54 Å². The highest BCUT2D eigenvalue weighted by atomic mass is 16.7. The number of fused-ring (bicyclic) bond motifs is 1. The lowest BCUT2D eigenvalue weighted by Gasteiger charge is -2.11. The SMILES string of the molecule is COc1ccc(CNc2nc(C)cc(Nc3ccc4c(c3)OCO4)n2)cc1. The second-order valence-electron chi connectivity index (χ2n) is 6.11. The number of methoxy groups -OCH3 is 1. The fraction of sp³-hybridized carbons (Fsp3) is 0.200. The maximum Gasteiger partial charge on any atom is 0.231 e. The van der Waals surface area contributed by atoms with E-state index in [9.17, 15) is 0 Å². The Balaban J connectivity index is 1.46. The van der Waals surface area contributed by atoms with Crippen molar-refractivity contribution in [3.63, 3.8) is 0 Å². The maximum atomic E-state index is 5.41. The van der Waals surface area contributed by atoms with Crippen LogP contribution < -0.4 is 24.8 Å². The van der Waals surface area contributed by atoms with E-state index in [0.717, 1.165) is 34.2 Å². The van der Waals surface area contributed by atoms with E-state index in [2.05, 4.69) is 20.6 Å². The Morgan fingerprint density at radius 2 is 1.81 bits per heavy atom. The fourth-order valence-corrected chi connectivity index (χ4v) is 2.76. The molecule has 138 valence electrons. The molecule has 2 aromatic carbocycles. The molecule has 7 heteroatoms. The van der Waals surface area contributed by atoms with Crippen molar-refractivity contribution in [2.75, 3.05) is 24.5 Å². The molecular weight excluding hydrogens is 344 g/mol. The standard InChI is InChI=1S/C20H20N4O3/c1-13-9-19(23-15-5-8-17-18(10-15)27-12-26-17)24-20(22-13)21-11-14-3-6-16(25-2)7-4-14/h3-10H,11-12H2,1-2H3,(H2,21,22,23,24). The van der Waals surface area contributed by atoms with Crippen LogP contribution in [0.2, 0.25) is 0 Å². The van der Waals surface area contributed by atoms with Gasteiger partial charge in [0, 0.05) is 30.1 Å². The Kier molecular flexibility index (Phi) is 4.65. The van der Waals surface area contributed by atoms with Gasteiger partial charge in [0.25, 0.3) is 0 Å². The third-order valence-electron chi connectivity index (χ3n) is 4.11. The molecule has 0 fully saturated rings. The topological polar surface area (TPSA) is 77.5 Å². The number of nitrogens with one attached hydrogen (secondary N) is 2. The molecule has 3 aromatic rings. The van der Waals surface area contributed by atoms with Crippen molar-refractivity contribution in [3.05, 3.63) is 59.8 Å². The molecule has 1 aliphatic rings. The van der Waals surface area contributed by atoms with E-state index in [1.807, 2.05) is 55.5 Å². The quantitative estimate of drug-likeness (QED) is 0.687. The molecule has 1 aliphatic heterocycles. The number of benzene rings is 2. The summed E-state index contributed by atoms with van der Waals surface area (Å²) in [5, 5.41) is 6.54. The highest BCUT2D eigenvalue weighted by molar-refractivity contribution is 5.62. The van der Waals surface area contributed by atoms with Gasteiger partial charge in [0.1, 0.15) is 11.6 Å².